The van der Waals surface area contributed by atoms with Gasteiger partial charge in [0, 0.05) is 11.1 Å². The van der Waals surface area contributed by atoms with Crippen LogP contribution >= 0.6 is 0 Å². The van der Waals surface area contributed by atoms with Gasteiger partial charge in [0.2, 0.25) is 0 Å². The Kier molecular flexibility index (Phi) is 4.37. The molecule has 0 unspecified atom stereocenters. The number of halogens is 2. The third kappa shape index (κ3) is 3.47. The second-order valence-electron chi connectivity index (χ2n) is 4.51. The predicted octanol–water partition coefficient (Wildman–Crippen LogP) is 2.95. The molecule has 2 rings (SSSR count). The van der Waals surface area contributed by atoms with Crippen LogP contribution in [0.25, 0.3) is 0 Å². The number of hydrogen-bond acceptors (Lipinski definition) is 3. The fourth-order valence-corrected chi connectivity index (χ4v) is 1.84. The number of hydrogen-bond donors (Lipinski definition) is 2. The van der Waals surface area contributed by atoms with Crippen molar-refractivity contribution in [1.82, 2.24) is 0 Å². The molecule has 0 radical (unpaired) electrons. The summed E-state index contributed by atoms with van der Waals surface area (Å²) in [5.41, 5.74) is 7.02. The Hall–Kier alpha value is -2.63. The van der Waals surface area contributed by atoms with Gasteiger partial charge in [0.05, 0.1) is 0 Å². The van der Waals surface area contributed by atoms with E-state index in [1.165, 1.54) is 18.2 Å². The molecule has 3 N–H and O–H groups in total. The molecule has 0 saturated heterocycles. The molecule has 4 nitrogen and oxygen atoms in total. The van der Waals surface area contributed by atoms with Crippen molar-refractivity contribution in [3.8, 4) is 5.75 Å². The Labute approximate surface area is 120 Å². The highest BCUT2D eigenvalue weighted by molar-refractivity contribution is 5.98. The maximum Gasteiger partial charge on any atom is 0.170 e. The first kappa shape index (κ1) is 14.8. The molecule has 0 saturated carbocycles. The Balaban J connectivity index is 2.26. The van der Waals surface area contributed by atoms with Crippen molar-refractivity contribution in [3.63, 3.8) is 0 Å². The first-order valence-electron chi connectivity index (χ1n) is 6.16. The summed E-state index contributed by atoms with van der Waals surface area (Å²) in [5.74, 6) is -1.17. The maximum atomic E-state index is 13.6. The number of nitrogens with two attached hydrogens (primary N) is 1. The quantitative estimate of drug-likeness (QED) is 0.394. The van der Waals surface area contributed by atoms with E-state index in [4.69, 9.17) is 15.7 Å². The lowest BCUT2D eigenvalue weighted by Crippen LogP contribution is -2.17. The molecule has 110 valence electrons. The highest BCUT2D eigenvalue weighted by Crippen LogP contribution is 2.21. The molecule has 0 fully saturated rings. The molecule has 0 aliphatic heterocycles. The maximum absolute atomic E-state index is 13.6. The average Bonchev–Trinajstić information content (AvgIpc) is 2.48. The van der Waals surface area contributed by atoms with E-state index in [-0.39, 0.29) is 23.8 Å². The van der Waals surface area contributed by atoms with Gasteiger partial charge in [-0.25, -0.2) is 8.78 Å². The van der Waals surface area contributed by atoms with Crippen LogP contribution in [0, 0.1) is 18.6 Å². The molecular weight excluding hydrogens is 278 g/mol. The zero-order valence-corrected chi connectivity index (χ0v) is 11.3. The van der Waals surface area contributed by atoms with Crippen LogP contribution in [0.2, 0.25) is 0 Å². The number of amidine groups is 1. The smallest absolute Gasteiger partial charge is 0.170 e. The molecule has 0 spiro atoms. The van der Waals surface area contributed by atoms with E-state index in [1.807, 2.05) is 6.92 Å². The number of nitrogens with zero attached hydrogens (tertiary/aromatic N) is 1. The molecule has 21 heavy (non-hydrogen) atoms. The van der Waals surface area contributed by atoms with Gasteiger partial charge in [-0.1, -0.05) is 17.3 Å². The van der Waals surface area contributed by atoms with Gasteiger partial charge in [-0.3, -0.25) is 0 Å². The normalized spacial score (nSPS) is 11.5. The minimum Gasteiger partial charge on any atom is -0.486 e. The largest absolute Gasteiger partial charge is 0.486 e. The van der Waals surface area contributed by atoms with Crippen molar-refractivity contribution in [2.24, 2.45) is 10.9 Å². The topological polar surface area (TPSA) is 67.8 Å². The molecular formula is C15H14F2N2O2. The van der Waals surface area contributed by atoms with Crippen LogP contribution in [0.4, 0.5) is 8.78 Å². The second kappa shape index (κ2) is 6.21. The van der Waals surface area contributed by atoms with Crippen LogP contribution in [0.3, 0.4) is 0 Å². The van der Waals surface area contributed by atoms with Crippen molar-refractivity contribution in [2.45, 2.75) is 13.5 Å². The molecule has 0 aromatic heterocycles. The van der Waals surface area contributed by atoms with Crippen molar-refractivity contribution in [1.29, 1.82) is 0 Å². The minimum atomic E-state index is -0.526. The summed E-state index contributed by atoms with van der Waals surface area (Å²) in [7, 11) is 0. The molecule has 6 heteroatoms. The summed E-state index contributed by atoms with van der Waals surface area (Å²) in [6.07, 6.45) is 0. The average molecular weight is 292 g/mol. The van der Waals surface area contributed by atoms with E-state index < -0.39 is 11.6 Å². The van der Waals surface area contributed by atoms with Crippen molar-refractivity contribution < 1.29 is 18.7 Å². The fourth-order valence-electron chi connectivity index (χ4n) is 1.84. The van der Waals surface area contributed by atoms with Crippen LogP contribution in [-0.4, -0.2) is 11.0 Å². The summed E-state index contributed by atoms with van der Waals surface area (Å²) in [4.78, 5) is 0. The zero-order chi connectivity index (χ0) is 15.4. The van der Waals surface area contributed by atoms with Gasteiger partial charge < -0.3 is 15.7 Å². The van der Waals surface area contributed by atoms with Gasteiger partial charge >= 0.3 is 0 Å². The van der Waals surface area contributed by atoms with Crippen LogP contribution in [-0.2, 0) is 6.61 Å². The Bertz CT molecular complexity index is 687. The molecule has 2 aromatic carbocycles. The summed E-state index contributed by atoms with van der Waals surface area (Å²) >= 11 is 0. The lowest BCUT2D eigenvalue weighted by molar-refractivity contribution is 0.289. The number of benzene rings is 2. The molecule has 0 bridgehead atoms. The summed E-state index contributed by atoms with van der Waals surface area (Å²) < 4.78 is 32.2. The lowest BCUT2D eigenvalue weighted by atomic mass is 10.1. The lowest BCUT2D eigenvalue weighted by Gasteiger charge is -2.11. The first-order valence-corrected chi connectivity index (χ1v) is 6.16. The van der Waals surface area contributed by atoms with Gasteiger partial charge in [0.25, 0.3) is 0 Å². The minimum absolute atomic E-state index is 0.0355. The Morgan fingerprint density at radius 2 is 2.00 bits per heavy atom. The molecule has 0 heterocycles. The highest BCUT2D eigenvalue weighted by atomic mass is 19.1. The van der Waals surface area contributed by atoms with E-state index >= 15 is 0 Å². The molecule has 0 amide bonds. The second-order valence-corrected chi connectivity index (χ2v) is 4.51. The molecule has 0 aliphatic rings. The zero-order valence-electron chi connectivity index (χ0n) is 11.3. The van der Waals surface area contributed by atoms with E-state index in [9.17, 15) is 8.78 Å². The van der Waals surface area contributed by atoms with Crippen LogP contribution in [0.15, 0.2) is 41.6 Å². The van der Waals surface area contributed by atoms with E-state index in [1.54, 1.807) is 12.1 Å². The first-order chi connectivity index (χ1) is 10.0. The number of ether oxygens (including phenoxy) is 1. The highest BCUT2D eigenvalue weighted by Gasteiger charge is 2.11. The SMILES string of the molecule is Cc1ccc(F)c(OCc2ccc(F)cc2C(N)=NO)c1. The Morgan fingerprint density at radius 3 is 2.71 bits per heavy atom. The third-order valence-electron chi connectivity index (χ3n) is 2.93. The van der Waals surface area contributed by atoms with Gasteiger partial charge in [-0.05, 0) is 36.8 Å². The number of oxime groups is 1. The molecule has 0 aliphatic carbocycles. The number of aryl methyl sites for hydroxylation is 1. The number of rotatable bonds is 4. The van der Waals surface area contributed by atoms with Gasteiger partial charge in [0.1, 0.15) is 12.4 Å². The van der Waals surface area contributed by atoms with Crippen molar-refractivity contribution in [2.75, 3.05) is 0 Å². The third-order valence-corrected chi connectivity index (χ3v) is 2.93. The van der Waals surface area contributed by atoms with Crippen molar-refractivity contribution in [3.05, 3.63) is 64.7 Å². The summed E-state index contributed by atoms with van der Waals surface area (Å²) in [5, 5.41) is 11.6. The summed E-state index contributed by atoms with van der Waals surface area (Å²) in [6, 6.07) is 8.28. The van der Waals surface area contributed by atoms with Crippen LogP contribution in [0.5, 0.6) is 5.75 Å². The fraction of sp³-hybridized carbons (Fsp3) is 0.133. The van der Waals surface area contributed by atoms with Crippen LogP contribution in [0.1, 0.15) is 16.7 Å². The van der Waals surface area contributed by atoms with E-state index in [2.05, 4.69) is 5.16 Å². The molecule has 2 aromatic rings. The van der Waals surface area contributed by atoms with Gasteiger partial charge in [-0.2, -0.15) is 0 Å². The monoisotopic (exact) mass is 292 g/mol. The Morgan fingerprint density at radius 1 is 1.24 bits per heavy atom. The predicted molar refractivity (Wildman–Crippen MR) is 74.4 cm³/mol. The summed E-state index contributed by atoms with van der Waals surface area (Å²) in [6.45, 7) is 1.78. The van der Waals surface area contributed by atoms with E-state index in [0.29, 0.717) is 5.56 Å². The molecule has 0 atom stereocenters. The standard InChI is InChI=1S/C15H14F2N2O2/c1-9-2-5-13(17)14(6-9)21-8-10-3-4-11(16)7-12(10)15(18)19-20/h2-7,20H,8H2,1H3,(H2,18,19). The van der Waals surface area contributed by atoms with E-state index in [0.717, 1.165) is 11.6 Å². The van der Waals surface area contributed by atoms with Gasteiger partial charge in [0.15, 0.2) is 17.4 Å². The van der Waals surface area contributed by atoms with Gasteiger partial charge in [-0.15, -0.1) is 0 Å². The van der Waals surface area contributed by atoms with Crippen molar-refractivity contribution >= 4 is 5.84 Å². The van der Waals surface area contributed by atoms with Crippen LogP contribution < -0.4 is 10.5 Å².